The molecule has 1 N–H and O–H groups in total. The molecule has 2 aromatic rings. The molecule has 0 fully saturated rings. The number of nitrogens with zero attached hydrogens (tertiary/aromatic N) is 2. The first kappa shape index (κ1) is 22.3. The van der Waals surface area contributed by atoms with Crippen molar-refractivity contribution < 1.29 is 14.6 Å². The van der Waals surface area contributed by atoms with E-state index >= 15 is 0 Å². The molecule has 0 saturated carbocycles. The fourth-order valence-electron chi connectivity index (χ4n) is 4.70. The molecule has 5 nitrogen and oxygen atoms in total. The number of carbonyl (C=O) groups excluding carboxylic acids is 1. The molecular formula is C25H34N2O3. The van der Waals surface area contributed by atoms with Crippen LogP contribution in [0.15, 0.2) is 30.6 Å². The molecule has 0 radical (unpaired) electrons. The van der Waals surface area contributed by atoms with Crippen LogP contribution in [0.2, 0.25) is 0 Å². The number of benzene rings is 1. The normalized spacial score (nSPS) is 19.1. The minimum atomic E-state index is -0.663. The van der Waals surface area contributed by atoms with E-state index < -0.39 is 6.10 Å². The van der Waals surface area contributed by atoms with Gasteiger partial charge in [0.15, 0.2) is 0 Å². The fourth-order valence-corrected chi connectivity index (χ4v) is 4.70. The highest BCUT2D eigenvalue weighted by Gasteiger charge is 2.38. The highest BCUT2D eigenvalue weighted by molar-refractivity contribution is 5.79. The van der Waals surface area contributed by atoms with Gasteiger partial charge in [0, 0.05) is 42.9 Å². The van der Waals surface area contributed by atoms with E-state index in [1.807, 2.05) is 44.7 Å². The number of aliphatic hydroxyl groups excluding tert-OH is 1. The third kappa shape index (κ3) is 4.36. The van der Waals surface area contributed by atoms with Gasteiger partial charge in [-0.2, -0.15) is 0 Å². The van der Waals surface area contributed by atoms with Crippen molar-refractivity contribution >= 4 is 5.91 Å². The van der Waals surface area contributed by atoms with E-state index in [4.69, 9.17) is 4.74 Å². The summed E-state index contributed by atoms with van der Waals surface area (Å²) in [5.41, 5.74) is 5.26. The van der Waals surface area contributed by atoms with Gasteiger partial charge < -0.3 is 14.7 Å². The zero-order valence-corrected chi connectivity index (χ0v) is 18.8. The lowest BCUT2D eigenvalue weighted by Gasteiger charge is -2.37. The molecule has 0 saturated heterocycles. The molecule has 1 heterocycles. The lowest BCUT2D eigenvalue weighted by molar-refractivity contribution is -0.138. The zero-order valence-electron chi connectivity index (χ0n) is 18.8. The van der Waals surface area contributed by atoms with Crippen molar-refractivity contribution in [3.05, 3.63) is 58.4 Å². The van der Waals surface area contributed by atoms with Crippen molar-refractivity contribution in [2.24, 2.45) is 11.8 Å². The molecule has 0 bridgehead atoms. The van der Waals surface area contributed by atoms with Crippen LogP contribution in [0, 0.1) is 25.7 Å². The quantitative estimate of drug-likeness (QED) is 0.736. The summed E-state index contributed by atoms with van der Waals surface area (Å²) in [6, 6.07) is 5.95. The molecule has 3 rings (SSSR count). The van der Waals surface area contributed by atoms with Crippen LogP contribution in [0.25, 0.3) is 0 Å². The predicted molar refractivity (Wildman–Crippen MR) is 118 cm³/mol. The second kappa shape index (κ2) is 9.61. The molecular weight excluding hydrogens is 376 g/mol. The maximum atomic E-state index is 12.9. The Bertz CT molecular complexity index is 878. The van der Waals surface area contributed by atoms with Gasteiger partial charge in [0.1, 0.15) is 12.4 Å². The van der Waals surface area contributed by atoms with Gasteiger partial charge in [0.05, 0.1) is 6.10 Å². The van der Waals surface area contributed by atoms with E-state index in [1.165, 1.54) is 5.56 Å². The minimum absolute atomic E-state index is 0.0859. The SMILES string of the molecule is CCN(CC)C(=O)[C@@H](C)[C@@H]1CCc2c(C)cc(OCc3cccnc3)c(C)c2[C@@H]1O. The van der Waals surface area contributed by atoms with Crippen molar-refractivity contribution in [2.75, 3.05) is 13.1 Å². The van der Waals surface area contributed by atoms with Gasteiger partial charge in [0.2, 0.25) is 5.91 Å². The van der Waals surface area contributed by atoms with Gasteiger partial charge in [-0.3, -0.25) is 9.78 Å². The molecule has 30 heavy (non-hydrogen) atoms. The number of aliphatic hydroxyl groups is 1. The van der Waals surface area contributed by atoms with E-state index in [2.05, 4.69) is 18.0 Å². The fraction of sp³-hybridized carbons (Fsp3) is 0.520. The van der Waals surface area contributed by atoms with Crippen LogP contribution in [-0.2, 0) is 17.8 Å². The van der Waals surface area contributed by atoms with Crippen molar-refractivity contribution in [1.82, 2.24) is 9.88 Å². The molecule has 1 aliphatic rings. The highest BCUT2D eigenvalue weighted by Crippen LogP contribution is 2.44. The summed E-state index contributed by atoms with van der Waals surface area (Å²) >= 11 is 0. The van der Waals surface area contributed by atoms with Crippen LogP contribution < -0.4 is 4.74 Å². The van der Waals surface area contributed by atoms with Crippen LogP contribution in [0.4, 0.5) is 0 Å². The van der Waals surface area contributed by atoms with Gasteiger partial charge in [-0.05, 0) is 74.9 Å². The lowest BCUT2D eigenvalue weighted by atomic mass is 9.72. The van der Waals surface area contributed by atoms with Crippen LogP contribution in [0.1, 0.15) is 61.1 Å². The van der Waals surface area contributed by atoms with Crippen LogP contribution in [0.5, 0.6) is 5.75 Å². The van der Waals surface area contributed by atoms with Gasteiger partial charge >= 0.3 is 0 Å². The van der Waals surface area contributed by atoms with Gasteiger partial charge in [0.25, 0.3) is 0 Å². The first-order valence-electron chi connectivity index (χ1n) is 11.0. The largest absolute Gasteiger partial charge is 0.489 e. The first-order chi connectivity index (χ1) is 14.4. The van der Waals surface area contributed by atoms with Crippen molar-refractivity contribution in [3.8, 4) is 5.75 Å². The van der Waals surface area contributed by atoms with E-state index in [1.54, 1.807) is 12.4 Å². The average Bonchev–Trinajstić information content (AvgIpc) is 2.76. The molecule has 5 heteroatoms. The lowest BCUT2D eigenvalue weighted by Crippen LogP contribution is -2.40. The predicted octanol–water partition coefficient (Wildman–Crippen LogP) is 4.38. The molecule has 0 aliphatic heterocycles. The Hall–Kier alpha value is -2.40. The molecule has 3 atom stereocenters. The summed E-state index contributed by atoms with van der Waals surface area (Å²) < 4.78 is 6.11. The molecule has 0 unspecified atom stereocenters. The standard InChI is InChI=1S/C25H34N2O3/c1-6-27(7-2)25(29)17(4)21-11-10-20-16(3)13-22(18(5)23(20)24(21)28)30-15-19-9-8-12-26-14-19/h8-9,12-14,17,21,24,28H,6-7,10-11,15H2,1-5H3/t17-,21-,24+/m0/s1. The number of carbonyl (C=O) groups is 1. The van der Waals surface area contributed by atoms with Gasteiger partial charge in [-0.15, -0.1) is 0 Å². The Labute approximate surface area is 180 Å². The Morgan fingerprint density at radius 1 is 1.33 bits per heavy atom. The van der Waals surface area contributed by atoms with E-state index in [9.17, 15) is 9.90 Å². The molecule has 1 aromatic heterocycles. The number of rotatable bonds is 7. The second-order valence-electron chi connectivity index (χ2n) is 8.31. The van der Waals surface area contributed by atoms with E-state index in [-0.39, 0.29) is 17.7 Å². The maximum Gasteiger partial charge on any atom is 0.225 e. The number of fused-ring (bicyclic) bond motifs is 1. The van der Waals surface area contributed by atoms with Crippen molar-refractivity contribution in [3.63, 3.8) is 0 Å². The monoisotopic (exact) mass is 410 g/mol. The second-order valence-corrected chi connectivity index (χ2v) is 8.31. The van der Waals surface area contributed by atoms with E-state index in [0.717, 1.165) is 40.8 Å². The third-order valence-electron chi connectivity index (χ3n) is 6.58. The Balaban J connectivity index is 1.87. The number of aromatic nitrogens is 1. The summed E-state index contributed by atoms with van der Waals surface area (Å²) in [5, 5.41) is 11.3. The van der Waals surface area contributed by atoms with E-state index in [0.29, 0.717) is 19.7 Å². The van der Waals surface area contributed by atoms with Crippen LogP contribution in [0.3, 0.4) is 0 Å². The Morgan fingerprint density at radius 3 is 2.70 bits per heavy atom. The Kier molecular flexibility index (Phi) is 7.14. The third-order valence-corrected chi connectivity index (χ3v) is 6.58. The highest BCUT2D eigenvalue weighted by atomic mass is 16.5. The molecule has 162 valence electrons. The number of ether oxygens (including phenoxy) is 1. The summed E-state index contributed by atoms with van der Waals surface area (Å²) in [6.45, 7) is 11.9. The van der Waals surface area contributed by atoms with Crippen molar-refractivity contribution in [1.29, 1.82) is 0 Å². The molecule has 1 aliphatic carbocycles. The molecule has 1 amide bonds. The number of aryl methyl sites for hydroxylation is 1. The number of hydrogen-bond donors (Lipinski definition) is 1. The van der Waals surface area contributed by atoms with Crippen LogP contribution in [-0.4, -0.2) is 34.0 Å². The van der Waals surface area contributed by atoms with Crippen LogP contribution >= 0.6 is 0 Å². The Morgan fingerprint density at radius 2 is 2.07 bits per heavy atom. The number of pyridine rings is 1. The summed E-state index contributed by atoms with van der Waals surface area (Å²) in [7, 11) is 0. The number of amides is 1. The maximum absolute atomic E-state index is 12.9. The topological polar surface area (TPSA) is 62.7 Å². The summed E-state index contributed by atoms with van der Waals surface area (Å²) in [6.07, 6.45) is 4.57. The first-order valence-corrected chi connectivity index (χ1v) is 11.0. The summed E-state index contributed by atoms with van der Waals surface area (Å²) in [4.78, 5) is 18.9. The van der Waals surface area contributed by atoms with Gasteiger partial charge in [-0.1, -0.05) is 13.0 Å². The molecule has 1 aromatic carbocycles. The molecule has 0 spiro atoms. The minimum Gasteiger partial charge on any atom is -0.489 e. The van der Waals surface area contributed by atoms with Gasteiger partial charge in [-0.25, -0.2) is 0 Å². The zero-order chi connectivity index (χ0) is 21.8. The average molecular weight is 411 g/mol. The summed E-state index contributed by atoms with van der Waals surface area (Å²) in [5.74, 6) is 0.619. The number of hydrogen-bond acceptors (Lipinski definition) is 4. The van der Waals surface area contributed by atoms with Crippen molar-refractivity contribution in [2.45, 2.75) is 60.2 Å². The smallest absolute Gasteiger partial charge is 0.225 e.